The minimum Gasteiger partial charge on any atom is -0.497 e. The predicted octanol–water partition coefficient (Wildman–Crippen LogP) is 2.97. The van der Waals surface area contributed by atoms with Crippen LogP contribution in [-0.4, -0.2) is 43.3 Å². The molecular weight excluding hydrogens is 350 g/mol. The molecule has 1 saturated heterocycles. The molecule has 1 aliphatic heterocycles. The Kier molecular flexibility index (Phi) is 5.32. The fourth-order valence-electron chi connectivity index (χ4n) is 3.19. The lowest BCUT2D eigenvalue weighted by molar-refractivity contribution is 0.415. The van der Waals surface area contributed by atoms with Crippen LogP contribution in [0, 0.1) is 0 Å². The van der Waals surface area contributed by atoms with Gasteiger partial charge in [-0.05, 0) is 36.4 Å². The number of halogens is 1. The van der Waals surface area contributed by atoms with Gasteiger partial charge in [0.2, 0.25) is 5.95 Å². The van der Waals surface area contributed by atoms with Gasteiger partial charge in [0.05, 0.1) is 12.6 Å². The van der Waals surface area contributed by atoms with E-state index in [9.17, 15) is 0 Å². The number of hydrogen-bond donors (Lipinski definition) is 1. The lowest BCUT2D eigenvalue weighted by atomic mass is 10.2. The van der Waals surface area contributed by atoms with Gasteiger partial charge in [-0.2, -0.15) is 4.98 Å². The summed E-state index contributed by atoms with van der Waals surface area (Å²) < 4.78 is 5.22. The number of para-hydroxylation sites is 1. The number of anilines is 3. The van der Waals surface area contributed by atoms with Crippen LogP contribution in [0.15, 0.2) is 48.5 Å². The van der Waals surface area contributed by atoms with Crippen molar-refractivity contribution in [3.8, 4) is 5.75 Å². The SMILES string of the molecule is COc1ccc(N2CCN(c3nc(N)c4ccccc4n3)CC2)cc1.Cl. The van der Waals surface area contributed by atoms with E-state index in [2.05, 4.69) is 31.9 Å². The van der Waals surface area contributed by atoms with E-state index in [1.54, 1.807) is 7.11 Å². The minimum absolute atomic E-state index is 0. The number of nitrogen functional groups attached to an aromatic ring is 1. The number of ether oxygens (including phenoxy) is 1. The number of aromatic nitrogens is 2. The van der Waals surface area contributed by atoms with Crippen LogP contribution in [0.1, 0.15) is 0 Å². The van der Waals surface area contributed by atoms with Crippen LogP contribution in [0.25, 0.3) is 10.9 Å². The van der Waals surface area contributed by atoms with E-state index < -0.39 is 0 Å². The van der Waals surface area contributed by atoms with Crippen LogP contribution >= 0.6 is 12.4 Å². The predicted molar refractivity (Wildman–Crippen MR) is 109 cm³/mol. The van der Waals surface area contributed by atoms with Gasteiger partial charge in [-0.1, -0.05) is 12.1 Å². The van der Waals surface area contributed by atoms with E-state index >= 15 is 0 Å². The Bertz CT molecular complexity index is 879. The molecule has 2 N–H and O–H groups in total. The van der Waals surface area contributed by atoms with Gasteiger partial charge < -0.3 is 20.3 Å². The maximum absolute atomic E-state index is 6.11. The average molecular weight is 372 g/mol. The van der Waals surface area contributed by atoms with Crippen LogP contribution in [0.2, 0.25) is 0 Å². The number of rotatable bonds is 3. The van der Waals surface area contributed by atoms with Crippen molar-refractivity contribution in [1.29, 1.82) is 0 Å². The molecule has 4 rings (SSSR count). The molecule has 0 unspecified atom stereocenters. The molecule has 1 aromatic heterocycles. The third-order valence-electron chi connectivity index (χ3n) is 4.62. The second-order valence-electron chi connectivity index (χ2n) is 6.10. The standard InChI is InChI=1S/C19H21N5O.ClH/c1-25-15-8-6-14(7-9-15)23-10-12-24(13-11-23)19-21-17-5-3-2-4-16(17)18(20)22-19;/h2-9H,10-13H2,1H3,(H2,20,21,22);1H. The highest BCUT2D eigenvalue weighted by molar-refractivity contribution is 5.88. The van der Waals surface area contributed by atoms with Crippen LogP contribution in [-0.2, 0) is 0 Å². The molecule has 1 aliphatic rings. The molecule has 136 valence electrons. The molecule has 0 aliphatic carbocycles. The van der Waals surface area contributed by atoms with Crippen LogP contribution in [0.4, 0.5) is 17.5 Å². The van der Waals surface area contributed by atoms with Crippen molar-refractivity contribution in [2.75, 3.05) is 48.8 Å². The van der Waals surface area contributed by atoms with E-state index in [1.807, 2.05) is 36.4 Å². The third kappa shape index (κ3) is 3.46. The Morgan fingerprint density at radius 3 is 2.23 bits per heavy atom. The number of hydrogen-bond acceptors (Lipinski definition) is 6. The number of benzene rings is 2. The first-order chi connectivity index (χ1) is 12.2. The maximum atomic E-state index is 6.11. The van der Waals surface area contributed by atoms with Crippen molar-refractivity contribution in [2.24, 2.45) is 0 Å². The van der Waals surface area contributed by atoms with Crippen LogP contribution < -0.4 is 20.3 Å². The van der Waals surface area contributed by atoms with Crippen molar-refractivity contribution in [1.82, 2.24) is 9.97 Å². The van der Waals surface area contributed by atoms with Crippen LogP contribution in [0.3, 0.4) is 0 Å². The maximum Gasteiger partial charge on any atom is 0.228 e. The third-order valence-corrected chi connectivity index (χ3v) is 4.62. The number of fused-ring (bicyclic) bond motifs is 1. The molecule has 1 fully saturated rings. The smallest absolute Gasteiger partial charge is 0.228 e. The summed E-state index contributed by atoms with van der Waals surface area (Å²) in [5, 5.41) is 0.906. The minimum atomic E-state index is 0. The first-order valence-corrected chi connectivity index (χ1v) is 8.41. The van der Waals surface area contributed by atoms with Crippen molar-refractivity contribution >= 4 is 40.8 Å². The fourth-order valence-corrected chi connectivity index (χ4v) is 3.19. The first-order valence-electron chi connectivity index (χ1n) is 8.41. The largest absolute Gasteiger partial charge is 0.497 e. The van der Waals surface area contributed by atoms with Gasteiger partial charge in [0.25, 0.3) is 0 Å². The zero-order valence-corrected chi connectivity index (χ0v) is 15.4. The van der Waals surface area contributed by atoms with Gasteiger partial charge in [0, 0.05) is 37.3 Å². The van der Waals surface area contributed by atoms with E-state index in [4.69, 9.17) is 10.5 Å². The lowest BCUT2D eigenvalue weighted by Crippen LogP contribution is -2.47. The highest BCUT2D eigenvalue weighted by Gasteiger charge is 2.20. The Morgan fingerprint density at radius 1 is 0.885 bits per heavy atom. The van der Waals surface area contributed by atoms with Crippen molar-refractivity contribution < 1.29 is 4.74 Å². The summed E-state index contributed by atoms with van der Waals surface area (Å²) in [5.74, 6) is 2.13. The molecule has 0 saturated carbocycles. The molecule has 6 nitrogen and oxygen atoms in total. The Hall–Kier alpha value is -2.73. The number of nitrogens with zero attached hydrogens (tertiary/aromatic N) is 4. The summed E-state index contributed by atoms with van der Waals surface area (Å²) in [6.07, 6.45) is 0. The zero-order chi connectivity index (χ0) is 17.2. The van der Waals surface area contributed by atoms with Crippen molar-refractivity contribution in [2.45, 2.75) is 0 Å². The molecule has 2 aromatic carbocycles. The molecule has 0 bridgehead atoms. The summed E-state index contributed by atoms with van der Waals surface area (Å²) in [7, 11) is 1.68. The van der Waals surface area contributed by atoms with E-state index in [-0.39, 0.29) is 12.4 Å². The van der Waals surface area contributed by atoms with Gasteiger partial charge in [-0.3, -0.25) is 0 Å². The average Bonchev–Trinajstić information content (AvgIpc) is 2.68. The molecule has 26 heavy (non-hydrogen) atoms. The van der Waals surface area contributed by atoms with Gasteiger partial charge in [-0.25, -0.2) is 4.98 Å². The van der Waals surface area contributed by atoms with Gasteiger partial charge in [-0.15, -0.1) is 12.4 Å². The summed E-state index contributed by atoms with van der Waals surface area (Å²) in [5.41, 5.74) is 8.21. The van der Waals surface area contributed by atoms with Gasteiger partial charge in [0.1, 0.15) is 11.6 Å². The van der Waals surface area contributed by atoms with Gasteiger partial charge >= 0.3 is 0 Å². The fraction of sp³-hybridized carbons (Fsp3) is 0.263. The summed E-state index contributed by atoms with van der Waals surface area (Å²) in [6.45, 7) is 3.57. The van der Waals surface area contributed by atoms with E-state index in [1.165, 1.54) is 5.69 Å². The normalized spacial score (nSPS) is 14.2. The molecular formula is C19H22ClN5O. The molecule has 0 atom stereocenters. The molecule has 0 spiro atoms. The lowest BCUT2D eigenvalue weighted by Gasteiger charge is -2.36. The summed E-state index contributed by atoms with van der Waals surface area (Å²) in [6, 6.07) is 16.0. The van der Waals surface area contributed by atoms with Crippen molar-refractivity contribution in [3.05, 3.63) is 48.5 Å². The van der Waals surface area contributed by atoms with Gasteiger partial charge in [0.15, 0.2) is 0 Å². The van der Waals surface area contributed by atoms with E-state index in [0.29, 0.717) is 11.8 Å². The molecule has 3 aromatic rings. The second kappa shape index (κ2) is 7.66. The Labute approximate surface area is 159 Å². The highest BCUT2D eigenvalue weighted by Crippen LogP contribution is 2.24. The zero-order valence-electron chi connectivity index (χ0n) is 14.6. The quantitative estimate of drug-likeness (QED) is 0.763. The molecule has 2 heterocycles. The second-order valence-corrected chi connectivity index (χ2v) is 6.10. The Balaban J connectivity index is 0.00000196. The molecule has 0 amide bonds. The summed E-state index contributed by atoms with van der Waals surface area (Å²) in [4.78, 5) is 13.7. The van der Waals surface area contributed by atoms with Crippen molar-refractivity contribution in [3.63, 3.8) is 0 Å². The molecule has 0 radical (unpaired) electrons. The van der Waals surface area contributed by atoms with E-state index in [0.717, 1.165) is 42.8 Å². The number of methoxy groups -OCH3 is 1. The topological polar surface area (TPSA) is 67.5 Å². The van der Waals surface area contributed by atoms with Crippen LogP contribution in [0.5, 0.6) is 5.75 Å². The summed E-state index contributed by atoms with van der Waals surface area (Å²) >= 11 is 0. The number of piperazine rings is 1. The number of nitrogens with two attached hydrogens (primary N) is 1. The monoisotopic (exact) mass is 371 g/mol. The Morgan fingerprint density at radius 2 is 1.54 bits per heavy atom. The highest BCUT2D eigenvalue weighted by atomic mass is 35.5. The first kappa shape index (κ1) is 18.1. The molecule has 7 heteroatoms.